The number of nitrogens with zero attached hydrogens (tertiary/aromatic N) is 2. The first-order valence-corrected chi connectivity index (χ1v) is 8.69. The summed E-state index contributed by atoms with van der Waals surface area (Å²) in [5, 5.41) is 11.6. The molecule has 0 radical (unpaired) electrons. The fourth-order valence-corrected chi connectivity index (χ4v) is 2.81. The molecule has 4 aromatic rings. The van der Waals surface area contributed by atoms with Crippen LogP contribution in [0.25, 0.3) is 22.4 Å². The van der Waals surface area contributed by atoms with Gasteiger partial charge in [-0.3, -0.25) is 4.79 Å². The monoisotopic (exact) mass is 368 g/mol. The summed E-state index contributed by atoms with van der Waals surface area (Å²) in [6.45, 7) is -0.124. The molecule has 0 spiro atoms. The topological polar surface area (TPSA) is 90.8 Å². The van der Waals surface area contributed by atoms with Crippen LogP contribution in [0.4, 0.5) is 5.69 Å². The van der Waals surface area contributed by atoms with Gasteiger partial charge in [0.05, 0.1) is 22.7 Å². The Labute approximate surface area is 161 Å². The molecule has 0 fully saturated rings. The third-order valence-corrected chi connectivity index (χ3v) is 4.16. The number of aromatic amines is 1. The molecule has 3 aromatic carbocycles. The molecule has 0 aliphatic carbocycles. The molecule has 28 heavy (non-hydrogen) atoms. The number of amides is 1. The Morgan fingerprint density at radius 1 is 1.07 bits per heavy atom. The van der Waals surface area contributed by atoms with Gasteiger partial charge in [-0.2, -0.15) is 5.26 Å². The number of rotatable bonds is 5. The van der Waals surface area contributed by atoms with Crippen LogP contribution in [0.1, 0.15) is 5.56 Å². The van der Waals surface area contributed by atoms with Crippen LogP contribution >= 0.6 is 0 Å². The van der Waals surface area contributed by atoms with Gasteiger partial charge in [0.15, 0.2) is 6.61 Å². The SMILES string of the molecule is N#Cc1ccc(OCC(=O)Nc2cccc(-c3nc4ccccc4[nH]3)c2)cc1. The number of hydrogen-bond acceptors (Lipinski definition) is 4. The van der Waals surface area contributed by atoms with Gasteiger partial charge < -0.3 is 15.0 Å². The number of anilines is 1. The summed E-state index contributed by atoms with van der Waals surface area (Å²) in [6.07, 6.45) is 0. The van der Waals surface area contributed by atoms with E-state index in [1.54, 1.807) is 24.3 Å². The standard InChI is InChI=1S/C22H16N4O2/c23-13-15-8-10-18(11-9-15)28-14-21(27)24-17-5-3-4-16(12-17)22-25-19-6-1-2-7-20(19)26-22/h1-12H,14H2,(H,24,27)(H,25,26). The van der Waals surface area contributed by atoms with Gasteiger partial charge in [-0.05, 0) is 48.5 Å². The zero-order valence-electron chi connectivity index (χ0n) is 14.8. The van der Waals surface area contributed by atoms with Crippen molar-refractivity contribution in [1.82, 2.24) is 9.97 Å². The molecule has 1 amide bonds. The van der Waals surface area contributed by atoms with Crippen molar-refractivity contribution in [3.05, 3.63) is 78.4 Å². The van der Waals surface area contributed by atoms with Crippen LogP contribution in [-0.2, 0) is 4.79 Å². The lowest BCUT2D eigenvalue weighted by molar-refractivity contribution is -0.118. The van der Waals surface area contributed by atoms with Gasteiger partial charge in [-0.1, -0.05) is 24.3 Å². The maximum atomic E-state index is 12.2. The van der Waals surface area contributed by atoms with Crippen molar-refractivity contribution in [2.75, 3.05) is 11.9 Å². The van der Waals surface area contributed by atoms with Gasteiger partial charge in [0, 0.05) is 11.3 Å². The molecule has 0 unspecified atom stereocenters. The average molecular weight is 368 g/mol. The molecule has 6 nitrogen and oxygen atoms in total. The van der Waals surface area contributed by atoms with Crippen LogP contribution in [0.5, 0.6) is 5.75 Å². The number of H-pyrrole nitrogens is 1. The molecule has 136 valence electrons. The van der Waals surface area contributed by atoms with Gasteiger partial charge in [-0.25, -0.2) is 4.98 Å². The minimum atomic E-state index is -0.272. The normalized spacial score (nSPS) is 10.4. The molecule has 2 N–H and O–H groups in total. The summed E-state index contributed by atoms with van der Waals surface area (Å²) in [7, 11) is 0. The van der Waals surface area contributed by atoms with Crippen LogP contribution < -0.4 is 10.1 Å². The third kappa shape index (κ3) is 3.84. The Bertz CT molecular complexity index is 1140. The van der Waals surface area contributed by atoms with Crippen LogP contribution in [-0.4, -0.2) is 22.5 Å². The highest BCUT2D eigenvalue weighted by atomic mass is 16.5. The molecule has 6 heteroatoms. The third-order valence-electron chi connectivity index (χ3n) is 4.16. The molecule has 0 saturated carbocycles. The highest BCUT2D eigenvalue weighted by Crippen LogP contribution is 2.23. The van der Waals surface area contributed by atoms with Crippen LogP contribution in [0.3, 0.4) is 0 Å². The molecule has 1 heterocycles. The largest absolute Gasteiger partial charge is 0.484 e. The van der Waals surface area contributed by atoms with E-state index in [0.29, 0.717) is 17.0 Å². The fraction of sp³-hybridized carbons (Fsp3) is 0.0455. The summed E-state index contributed by atoms with van der Waals surface area (Å²) in [5.41, 5.74) is 3.93. The minimum Gasteiger partial charge on any atom is -0.484 e. The number of hydrogen-bond donors (Lipinski definition) is 2. The predicted molar refractivity (Wildman–Crippen MR) is 107 cm³/mol. The van der Waals surface area contributed by atoms with E-state index in [1.165, 1.54) is 0 Å². The number of carbonyl (C=O) groups excluding carboxylic acids is 1. The number of benzene rings is 3. The molecule has 0 atom stereocenters. The van der Waals surface area contributed by atoms with Crippen LogP contribution in [0.15, 0.2) is 72.8 Å². The van der Waals surface area contributed by atoms with Gasteiger partial charge in [0.2, 0.25) is 0 Å². The van der Waals surface area contributed by atoms with E-state index in [9.17, 15) is 4.79 Å². The fourth-order valence-electron chi connectivity index (χ4n) is 2.81. The summed E-state index contributed by atoms with van der Waals surface area (Å²) < 4.78 is 5.45. The lowest BCUT2D eigenvalue weighted by Gasteiger charge is -2.08. The lowest BCUT2D eigenvalue weighted by atomic mass is 10.2. The minimum absolute atomic E-state index is 0.124. The first-order valence-electron chi connectivity index (χ1n) is 8.69. The van der Waals surface area contributed by atoms with Crippen molar-refractivity contribution in [2.24, 2.45) is 0 Å². The molecule has 0 aliphatic rings. The molecule has 0 saturated heterocycles. The van der Waals surface area contributed by atoms with Gasteiger partial charge in [0.25, 0.3) is 5.91 Å². The number of aromatic nitrogens is 2. The van der Waals surface area contributed by atoms with Crippen molar-refractivity contribution < 1.29 is 9.53 Å². The predicted octanol–water partition coefficient (Wildman–Crippen LogP) is 4.12. The highest BCUT2D eigenvalue weighted by Gasteiger charge is 2.08. The Morgan fingerprint density at radius 2 is 1.89 bits per heavy atom. The second kappa shape index (κ2) is 7.64. The number of nitriles is 1. The molecule has 4 rings (SSSR count). The second-order valence-electron chi connectivity index (χ2n) is 6.16. The Balaban J connectivity index is 1.42. The maximum absolute atomic E-state index is 12.2. The zero-order valence-corrected chi connectivity index (χ0v) is 14.8. The quantitative estimate of drug-likeness (QED) is 0.554. The van der Waals surface area contributed by atoms with Gasteiger partial charge >= 0.3 is 0 Å². The van der Waals surface area contributed by atoms with E-state index in [4.69, 9.17) is 10.00 Å². The summed E-state index contributed by atoms with van der Waals surface area (Å²) in [6, 6.07) is 23.9. The summed E-state index contributed by atoms with van der Waals surface area (Å²) >= 11 is 0. The first-order chi connectivity index (χ1) is 13.7. The summed E-state index contributed by atoms with van der Waals surface area (Å²) in [4.78, 5) is 20.0. The maximum Gasteiger partial charge on any atom is 0.262 e. The number of imidazole rings is 1. The van der Waals surface area contributed by atoms with E-state index in [1.807, 2.05) is 54.6 Å². The number of ether oxygens (including phenoxy) is 1. The molecular weight excluding hydrogens is 352 g/mol. The van der Waals surface area contributed by atoms with E-state index >= 15 is 0 Å². The van der Waals surface area contributed by atoms with Crippen molar-refractivity contribution in [3.63, 3.8) is 0 Å². The molecule has 1 aromatic heterocycles. The van der Waals surface area contributed by atoms with Crippen molar-refractivity contribution >= 4 is 22.6 Å². The van der Waals surface area contributed by atoms with E-state index < -0.39 is 0 Å². The van der Waals surface area contributed by atoms with E-state index in [0.717, 1.165) is 22.4 Å². The van der Waals surface area contributed by atoms with Gasteiger partial charge in [-0.15, -0.1) is 0 Å². The summed E-state index contributed by atoms with van der Waals surface area (Å²) in [5.74, 6) is 1.00. The lowest BCUT2D eigenvalue weighted by Crippen LogP contribution is -2.20. The highest BCUT2D eigenvalue weighted by molar-refractivity contribution is 5.92. The molecule has 0 bridgehead atoms. The molecule has 0 aliphatic heterocycles. The zero-order chi connectivity index (χ0) is 19.3. The van der Waals surface area contributed by atoms with Crippen molar-refractivity contribution in [1.29, 1.82) is 5.26 Å². The Hall–Kier alpha value is -4.11. The second-order valence-corrected chi connectivity index (χ2v) is 6.16. The number of carbonyl (C=O) groups is 1. The average Bonchev–Trinajstić information content (AvgIpc) is 3.17. The number of para-hydroxylation sites is 2. The Kier molecular flexibility index (Phi) is 4.72. The van der Waals surface area contributed by atoms with Crippen molar-refractivity contribution in [2.45, 2.75) is 0 Å². The Morgan fingerprint density at radius 3 is 2.68 bits per heavy atom. The van der Waals surface area contributed by atoms with Crippen LogP contribution in [0, 0.1) is 11.3 Å². The van der Waals surface area contributed by atoms with E-state index in [-0.39, 0.29) is 12.5 Å². The number of fused-ring (bicyclic) bond motifs is 1. The van der Waals surface area contributed by atoms with Gasteiger partial charge in [0.1, 0.15) is 11.6 Å². The smallest absolute Gasteiger partial charge is 0.262 e. The number of nitrogens with one attached hydrogen (secondary N) is 2. The van der Waals surface area contributed by atoms with Crippen LogP contribution in [0.2, 0.25) is 0 Å². The first kappa shape index (κ1) is 17.3. The van der Waals surface area contributed by atoms with E-state index in [2.05, 4.69) is 15.3 Å². The molecular formula is C22H16N4O2. The van der Waals surface area contributed by atoms with Crippen molar-refractivity contribution in [3.8, 4) is 23.2 Å².